The average molecular weight is 507 g/mol. The lowest BCUT2D eigenvalue weighted by Crippen LogP contribution is -2.21. The predicted molar refractivity (Wildman–Crippen MR) is 139 cm³/mol. The van der Waals surface area contributed by atoms with Crippen LogP contribution in [0.25, 0.3) is 0 Å². The van der Waals surface area contributed by atoms with Gasteiger partial charge in [0.2, 0.25) is 5.91 Å². The number of carbonyl (C=O) groups is 3. The molecule has 194 valence electrons. The number of hydrogen-bond donors (Lipinski definition) is 2. The van der Waals surface area contributed by atoms with Crippen molar-refractivity contribution in [1.29, 1.82) is 0 Å². The first-order valence-corrected chi connectivity index (χ1v) is 11.9. The van der Waals surface area contributed by atoms with Crippen molar-refractivity contribution in [3.63, 3.8) is 0 Å². The number of ether oxygens (including phenoxy) is 4. The molecule has 0 aliphatic rings. The van der Waals surface area contributed by atoms with E-state index in [0.29, 0.717) is 41.0 Å². The number of carbonyl (C=O) groups excluding carboxylic acids is 3. The third-order valence-electron chi connectivity index (χ3n) is 5.04. The Morgan fingerprint density at radius 2 is 1.43 bits per heavy atom. The molecular formula is C28H30N2O7. The van der Waals surface area contributed by atoms with Gasteiger partial charge in [-0.25, -0.2) is 0 Å². The van der Waals surface area contributed by atoms with Gasteiger partial charge in [0.15, 0.2) is 18.1 Å². The van der Waals surface area contributed by atoms with Crippen LogP contribution in [0.2, 0.25) is 0 Å². The first-order valence-electron chi connectivity index (χ1n) is 11.9. The van der Waals surface area contributed by atoms with Gasteiger partial charge in [0.25, 0.3) is 5.91 Å². The number of amides is 2. The topological polar surface area (TPSA) is 112 Å². The summed E-state index contributed by atoms with van der Waals surface area (Å²) in [4.78, 5) is 36.3. The van der Waals surface area contributed by atoms with E-state index in [4.69, 9.17) is 18.9 Å². The minimum atomic E-state index is -0.557. The number of methoxy groups -OCH3 is 1. The van der Waals surface area contributed by atoms with Crippen LogP contribution in [0, 0.1) is 0 Å². The first-order chi connectivity index (χ1) is 18.0. The molecule has 0 aliphatic heterocycles. The zero-order chi connectivity index (χ0) is 26.5. The Hall–Kier alpha value is -4.53. The van der Waals surface area contributed by atoms with Crippen LogP contribution < -0.4 is 24.8 Å². The van der Waals surface area contributed by atoms with Crippen molar-refractivity contribution < 1.29 is 33.3 Å². The molecular weight excluding hydrogens is 476 g/mol. The molecule has 0 heterocycles. The number of anilines is 2. The summed E-state index contributed by atoms with van der Waals surface area (Å²) in [5.74, 6) is 1.06. The van der Waals surface area contributed by atoms with Gasteiger partial charge in [0, 0.05) is 18.5 Å². The SMILES string of the molecule is CCOc1ccccc1NC(=O)COC(=O)CCCC(=O)Nc1ccc(Oc2ccccc2OC)cc1. The molecule has 0 aliphatic carbocycles. The quantitative estimate of drug-likeness (QED) is 0.307. The van der Waals surface area contributed by atoms with E-state index < -0.39 is 18.5 Å². The zero-order valence-electron chi connectivity index (χ0n) is 20.8. The molecule has 0 spiro atoms. The highest BCUT2D eigenvalue weighted by atomic mass is 16.5. The molecule has 9 nitrogen and oxygen atoms in total. The number of para-hydroxylation sites is 4. The Labute approximate surface area is 215 Å². The van der Waals surface area contributed by atoms with Gasteiger partial charge >= 0.3 is 5.97 Å². The lowest BCUT2D eigenvalue weighted by Gasteiger charge is -2.11. The van der Waals surface area contributed by atoms with Crippen LogP contribution in [-0.4, -0.2) is 38.1 Å². The summed E-state index contributed by atoms with van der Waals surface area (Å²) in [7, 11) is 1.57. The molecule has 0 bridgehead atoms. The number of esters is 1. The number of nitrogens with one attached hydrogen (secondary N) is 2. The van der Waals surface area contributed by atoms with E-state index in [1.807, 2.05) is 19.1 Å². The fourth-order valence-electron chi connectivity index (χ4n) is 3.31. The number of hydrogen-bond acceptors (Lipinski definition) is 7. The highest BCUT2D eigenvalue weighted by Crippen LogP contribution is 2.31. The van der Waals surface area contributed by atoms with E-state index in [1.165, 1.54) is 0 Å². The van der Waals surface area contributed by atoms with E-state index >= 15 is 0 Å². The van der Waals surface area contributed by atoms with Gasteiger partial charge in [0.1, 0.15) is 11.5 Å². The van der Waals surface area contributed by atoms with Crippen LogP contribution >= 0.6 is 0 Å². The second-order valence-electron chi connectivity index (χ2n) is 7.82. The van der Waals surface area contributed by atoms with Crippen LogP contribution in [0.15, 0.2) is 72.8 Å². The van der Waals surface area contributed by atoms with Gasteiger partial charge in [-0.15, -0.1) is 0 Å². The normalized spacial score (nSPS) is 10.2. The van der Waals surface area contributed by atoms with Crippen molar-refractivity contribution in [3.8, 4) is 23.0 Å². The largest absolute Gasteiger partial charge is 0.493 e. The maximum Gasteiger partial charge on any atom is 0.306 e. The van der Waals surface area contributed by atoms with Crippen molar-refractivity contribution in [2.24, 2.45) is 0 Å². The van der Waals surface area contributed by atoms with Crippen LogP contribution in [0.1, 0.15) is 26.2 Å². The summed E-state index contributed by atoms with van der Waals surface area (Å²) in [6.45, 7) is 1.88. The summed E-state index contributed by atoms with van der Waals surface area (Å²) in [6, 6.07) is 21.2. The summed E-state index contributed by atoms with van der Waals surface area (Å²) < 4.78 is 21.5. The third kappa shape index (κ3) is 8.88. The monoisotopic (exact) mass is 506 g/mol. The van der Waals surface area contributed by atoms with E-state index in [0.717, 1.165) is 0 Å². The molecule has 3 aromatic carbocycles. The molecule has 0 atom stereocenters. The van der Waals surface area contributed by atoms with Crippen molar-refractivity contribution in [1.82, 2.24) is 0 Å². The maximum atomic E-state index is 12.2. The third-order valence-corrected chi connectivity index (χ3v) is 5.04. The Bertz CT molecular complexity index is 1200. The van der Waals surface area contributed by atoms with Crippen LogP contribution in [0.3, 0.4) is 0 Å². The smallest absolute Gasteiger partial charge is 0.306 e. The summed E-state index contributed by atoms with van der Waals surface area (Å²) in [5.41, 5.74) is 1.10. The van der Waals surface area contributed by atoms with E-state index in [-0.39, 0.29) is 25.2 Å². The van der Waals surface area contributed by atoms with Gasteiger partial charge in [-0.2, -0.15) is 0 Å². The minimum Gasteiger partial charge on any atom is -0.493 e. The zero-order valence-corrected chi connectivity index (χ0v) is 20.8. The van der Waals surface area contributed by atoms with Gasteiger partial charge in [-0.1, -0.05) is 24.3 Å². The Morgan fingerprint density at radius 1 is 0.757 bits per heavy atom. The molecule has 0 radical (unpaired) electrons. The molecule has 0 saturated carbocycles. The Morgan fingerprint density at radius 3 is 2.14 bits per heavy atom. The van der Waals surface area contributed by atoms with Gasteiger partial charge in [-0.05, 0) is 61.9 Å². The molecule has 0 fully saturated rings. The molecule has 37 heavy (non-hydrogen) atoms. The second kappa shape index (κ2) is 14.1. The average Bonchev–Trinajstić information content (AvgIpc) is 2.90. The van der Waals surface area contributed by atoms with Gasteiger partial charge in [0.05, 0.1) is 19.4 Å². The predicted octanol–water partition coefficient (Wildman–Crippen LogP) is 5.18. The minimum absolute atomic E-state index is 0.0158. The number of rotatable bonds is 13. The maximum absolute atomic E-state index is 12.2. The molecule has 3 aromatic rings. The molecule has 9 heteroatoms. The molecule has 0 aromatic heterocycles. The Kier molecular flexibility index (Phi) is 10.3. The lowest BCUT2D eigenvalue weighted by molar-refractivity contribution is -0.147. The highest BCUT2D eigenvalue weighted by Gasteiger charge is 2.12. The van der Waals surface area contributed by atoms with E-state index in [1.54, 1.807) is 67.8 Å². The molecule has 0 unspecified atom stereocenters. The highest BCUT2D eigenvalue weighted by molar-refractivity contribution is 5.94. The molecule has 2 amide bonds. The van der Waals surface area contributed by atoms with Crippen molar-refractivity contribution >= 4 is 29.2 Å². The summed E-state index contributed by atoms with van der Waals surface area (Å²) >= 11 is 0. The van der Waals surface area contributed by atoms with E-state index in [9.17, 15) is 14.4 Å². The summed E-state index contributed by atoms with van der Waals surface area (Å²) in [6.07, 6.45) is 0.429. The van der Waals surface area contributed by atoms with Gasteiger partial charge in [-0.3, -0.25) is 14.4 Å². The molecule has 3 rings (SSSR count). The van der Waals surface area contributed by atoms with Crippen LogP contribution in [0.4, 0.5) is 11.4 Å². The van der Waals surface area contributed by atoms with Crippen molar-refractivity contribution in [2.45, 2.75) is 26.2 Å². The van der Waals surface area contributed by atoms with Crippen LogP contribution in [-0.2, 0) is 19.1 Å². The fraction of sp³-hybridized carbons (Fsp3) is 0.250. The van der Waals surface area contributed by atoms with E-state index in [2.05, 4.69) is 10.6 Å². The van der Waals surface area contributed by atoms with Crippen molar-refractivity contribution in [3.05, 3.63) is 72.8 Å². The molecule has 0 saturated heterocycles. The van der Waals surface area contributed by atoms with Crippen LogP contribution in [0.5, 0.6) is 23.0 Å². The van der Waals surface area contributed by atoms with Gasteiger partial charge < -0.3 is 29.6 Å². The standard InChI is InChI=1S/C28H30N2O7/c1-3-35-23-10-5-4-9-22(23)30-27(32)19-36-28(33)14-8-13-26(31)29-20-15-17-21(18-16-20)37-25-12-7-6-11-24(25)34-2/h4-7,9-12,15-18H,3,8,13-14,19H2,1-2H3,(H,29,31)(H,30,32). The lowest BCUT2D eigenvalue weighted by atomic mass is 10.2. The number of benzene rings is 3. The first kappa shape index (κ1) is 27.1. The van der Waals surface area contributed by atoms with Crippen molar-refractivity contribution in [2.75, 3.05) is 31.0 Å². The second-order valence-corrected chi connectivity index (χ2v) is 7.82. The molecule has 2 N–H and O–H groups in total. The summed E-state index contributed by atoms with van der Waals surface area (Å²) in [5, 5.41) is 5.43. The fourth-order valence-corrected chi connectivity index (χ4v) is 3.31. The Balaban J connectivity index is 1.35.